The molecule has 0 fully saturated rings. The third-order valence-electron chi connectivity index (χ3n) is 3.64. The summed E-state index contributed by atoms with van der Waals surface area (Å²) in [6.07, 6.45) is 1.51. The second-order valence-electron chi connectivity index (χ2n) is 5.68. The summed E-state index contributed by atoms with van der Waals surface area (Å²) in [4.78, 5) is 0. The fourth-order valence-corrected chi connectivity index (χ4v) is 2.82. The molecule has 2 aromatic rings. The molecule has 0 atom stereocenters. The molecule has 0 saturated heterocycles. The molecule has 1 aliphatic carbocycles. The third kappa shape index (κ3) is 2.16. The predicted octanol–water partition coefficient (Wildman–Crippen LogP) is 4.73. The Morgan fingerprint density at radius 3 is 2.47 bits per heavy atom. The molecule has 3 rings (SSSR count). The molecule has 19 heavy (non-hydrogen) atoms. The zero-order chi connectivity index (χ0) is 13.6. The number of rotatable bonds is 2. The van der Waals surface area contributed by atoms with E-state index in [9.17, 15) is 8.78 Å². The topological polar surface area (TPSA) is 0 Å². The van der Waals surface area contributed by atoms with E-state index < -0.39 is 0 Å². The minimum Gasteiger partial charge on any atom is -0.207 e. The molecule has 0 aromatic heterocycles. The van der Waals surface area contributed by atoms with E-state index in [4.69, 9.17) is 0 Å². The Hall–Kier alpha value is -1.70. The Balaban J connectivity index is 2.09. The number of halogens is 2. The molecule has 0 aliphatic heterocycles. The van der Waals surface area contributed by atoms with Crippen LogP contribution < -0.4 is 0 Å². The quantitative estimate of drug-likeness (QED) is 0.623. The van der Waals surface area contributed by atoms with Gasteiger partial charge in [0.15, 0.2) is 0 Å². The van der Waals surface area contributed by atoms with E-state index in [1.54, 1.807) is 12.1 Å². The van der Waals surface area contributed by atoms with Crippen LogP contribution in [0.3, 0.4) is 0 Å². The molecule has 0 spiro atoms. The summed E-state index contributed by atoms with van der Waals surface area (Å²) in [5.41, 5.74) is 4.64. The van der Waals surface area contributed by atoms with Gasteiger partial charge < -0.3 is 0 Å². The summed E-state index contributed by atoms with van der Waals surface area (Å²) in [5.74, 6) is -0.0170. The van der Waals surface area contributed by atoms with E-state index >= 15 is 0 Å². The average Bonchev–Trinajstić information content (AvgIpc) is 2.66. The molecule has 98 valence electrons. The number of benzene rings is 2. The van der Waals surface area contributed by atoms with Crippen LogP contribution in [0.15, 0.2) is 30.3 Å². The fraction of sp³-hybridized carbons (Fsp3) is 0.294. The first-order valence-corrected chi connectivity index (χ1v) is 6.64. The van der Waals surface area contributed by atoms with Crippen molar-refractivity contribution in [2.75, 3.05) is 0 Å². The highest BCUT2D eigenvalue weighted by Crippen LogP contribution is 2.38. The van der Waals surface area contributed by atoms with Crippen LogP contribution in [-0.4, -0.2) is 0 Å². The summed E-state index contributed by atoms with van der Waals surface area (Å²) in [7, 11) is 0. The van der Waals surface area contributed by atoms with E-state index in [0.29, 0.717) is 5.92 Å². The zero-order valence-corrected chi connectivity index (χ0v) is 11.1. The molecule has 0 bridgehead atoms. The van der Waals surface area contributed by atoms with Gasteiger partial charge in [-0.05, 0) is 64.8 Å². The van der Waals surface area contributed by atoms with E-state index in [0.717, 1.165) is 40.7 Å². The summed E-state index contributed by atoms with van der Waals surface area (Å²) < 4.78 is 27.4. The number of hydrogen-bond donors (Lipinski definition) is 0. The molecule has 0 unspecified atom stereocenters. The van der Waals surface area contributed by atoms with E-state index in [1.807, 2.05) is 6.07 Å². The standard InChI is InChI=1S/C17H16F2/c1-10(2)5-13-7-12-6-11-3-4-14(18)8-15(11)16(12)9-17(13)19/h3-4,7-10H,5-6H2,1-2H3. The third-order valence-corrected chi connectivity index (χ3v) is 3.64. The predicted molar refractivity (Wildman–Crippen MR) is 73.1 cm³/mol. The SMILES string of the molecule is CC(C)Cc1cc2c(cc1F)-c1cc(F)ccc1C2. The Bertz CT molecular complexity index is 642. The minimum absolute atomic E-state index is 0.176. The average molecular weight is 258 g/mol. The lowest BCUT2D eigenvalue weighted by molar-refractivity contribution is 0.574. The molecule has 0 amide bonds. The van der Waals surface area contributed by atoms with Crippen molar-refractivity contribution in [3.8, 4) is 11.1 Å². The lowest BCUT2D eigenvalue weighted by Crippen LogP contribution is -1.99. The van der Waals surface area contributed by atoms with Gasteiger partial charge in [0.1, 0.15) is 11.6 Å². The number of hydrogen-bond acceptors (Lipinski definition) is 0. The van der Waals surface area contributed by atoms with Gasteiger partial charge in [-0.2, -0.15) is 0 Å². The van der Waals surface area contributed by atoms with Crippen molar-refractivity contribution >= 4 is 0 Å². The maximum Gasteiger partial charge on any atom is 0.127 e. The molecule has 2 aromatic carbocycles. The van der Waals surface area contributed by atoms with Gasteiger partial charge in [0, 0.05) is 0 Å². The van der Waals surface area contributed by atoms with E-state index in [1.165, 1.54) is 12.1 Å². The van der Waals surface area contributed by atoms with Crippen LogP contribution >= 0.6 is 0 Å². The highest BCUT2D eigenvalue weighted by Gasteiger charge is 2.21. The van der Waals surface area contributed by atoms with Gasteiger partial charge in [0.25, 0.3) is 0 Å². The van der Waals surface area contributed by atoms with Crippen molar-refractivity contribution in [1.82, 2.24) is 0 Å². The molecule has 0 nitrogen and oxygen atoms in total. The Kier molecular flexibility index (Phi) is 2.89. The van der Waals surface area contributed by atoms with Gasteiger partial charge in [-0.3, -0.25) is 0 Å². The molecule has 2 heteroatoms. The molecule has 1 aliphatic rings. The van der Waals surface area contributed by atoms with Crippen LogP contribution in [-0.2, 0) is 12.8 Å². The largest absolute Gasteiger partial charge is 0.207 e. The van der Waals surface area contributed by atoms with Crippen LogP contribution in [0.4, 0.5) is 8.78 Å². The summed E-state index contributed by atoms with van der Waals surface area (Å²) >= 11 is 0. The van der Waals surface area contributed by atoms with Crippen LogP contribution in [0, 0.1) is 17.6 Å². The lowest BCUT2D eigenvalue weighted by atomic mass is 9.97. The van der Waals surface area contributed by atoms with Crippen LogP contribution in [0.2, 0.25) is 0 Å². The first-order valence-electron chi connectivity index (χ1n) is 6.64. The zero-order valence-electron chi connectivity index (χ0n) is 11.1. The van der Waals surface area contributed by atoms with Gasteiger partial charge in [-0.1, -0.05) is 26.0 Å². The summed E-state index contributed by atoms with van der Waals surface area (Å²) in [5, 5.41) is 0. The van der Waals surface area contributed by atoms with Crippen molar-refractivity contribution in [2.45, 2.75) is 26.7 Å². The molecular formula is C17H16F2. The first kappa shape index (κ1) is 12.3. The molecular weight excluding hydrogens is 242 g/mol. The van der Waals surface area contributed by atoms with E-state index in [2.05, 4.69) is 13.8 Å². The highest BCUT2D eigenvalue weighted by molar-refractivity contribution is 5.77. The second kappa shape index (κ2) is 4.44. The first-order chi connectivity index (χ1) is 9.04. The Morgan fingerprint density at radius 2 is 1.74 bits per heavy atom. The fourth-order valence-electron chi connectivity index (χ4n) is 2.82. The van der Waals surface area contributed by atoms with Gasteiger partial charge in [-0.25, -0.2) is 8.78 Å². The van der Waals surface area contributed by atoms with Crippen LogP contribution in [0.1, 0.15) is 30.5 Å². The van der Waals surface area contributed by atoms with Gasteiger partial charge in [0.2, 0.25) is 0 Å². The van der Waals surface area contributed by atoms with Crippen molar-refractivity contribution in [2.24, 2.45) is 5.92 Å². The highest BCUT2D eigenvalue weighted by atomic mass is 19.1. The van der Waals surface area contributed by atoms with Crippen molar-refractivity contribution in [3.63, 3.8) is 0 Å². The molecule has 0 radical (unpaired) electrons. The maximum absolute atomic E-state index is 14.1. The lowest BCUT2D eigenvalue weighted by Gasteiger charge is -2.09. The normalized spacial score (nSPS) is 12.7. The number of fused-ring (bicyclic) bond motifs is 3. The molecule has 0 saturated carbocycles. The summed E-state index contributed by atoms with van der Waals surface area (Å²) in [6, 6.07) is 8.28. The Labute approximate surface area is 112 Å². The second-order valence-corrected chi connectivity index (χ2v) is 5.68. The van der Waals surface area contributed by atoms with E-state index in [-0.39, 0.29) is 11.6 Å². The monoisotopic (exact) mass is 258 g/mol. The minimum atomic E-state index is -0.265. The Morgan fingerprint density at radius 1 is 1.00 bits per heavy atom. The maximum atomic E-state index is 14.1. The smallest absolute Gasteiger partial charge is 0.127 e. The van der Waals surface area contributed by atoms with Crippen molar-refractivity contribution < 1.29 is 8.78 Å². The summed E-state index contributed by atoms with van der Waals surface area (Å²) in [6.45, 7) is 4.16. The van der Waals surface area contributed by atoms with Gasteiger partial charge in [-0.15, -0.1) is 0 Å². The van der Waals surface area contributed by atoms with Gasteiger partial charge in [0.05, 0.1) is 0 Å². The van der Waals surface area contributed by atoms with Crippen LogP contribution in [0.25, 0.3) is 11.1 Å². The van der Waals surface area contributed by atoms with Crippen LogP contribution in [0.5, 0.6) is 0 Å². The van der Waals surface area contributed by atoms with Crippen molar-refractivity contribution in [1.29, 1.82) is 0 Å². The van der Waals surface area contributed by atoms with Gasteiger partial charge >= 0.3 is 0 Å². The van der Waals surface area contributed by atoms with Crippen molar-refractivity contribution in [3.05, 3.63) is 58.7 Å². The molecule has 0 heterocycles. The molecule has 0 N–H and O–H groups in total.